The van der Waals surface area contributed by atoms with Crippen LogP contribution in [-0.2, 0) is 10.9 Å². The second-order valence-electron chi connectivity index (χ2n) is 8.94. The van der Waals surface area contributed by atoms with Crippen LogP contribution in [0, 0.1) is 0 Å². The fraction of sp³-hybridized carbons (Fsp3) is 0.462. The highest BCUT2D eigenvalue weighted by atomic mass is 19.4. The van der Waals surface area contributed by atoms with Crippen LogP contribution in [0.1, 0.15) is 54.5 Å². The van der Waals surface area contributed by atoms with E-state index >= 15 is 0 Å². The maximum Gasteiger partial charge on any atom is 0.451 e. The van der Waals surface area contributed by atoms with E-state index < -0.39 is 18.0 Å². The number of pyridine rings is 1. The van der Waals surface area contributed by atoms with Crippen molar-refractivity contribution < 1.29 is 22.7 Å². The molecule has 1 aliphatic heterocycles. The van der Waals surface area contributed by atoms with Gasteiger partial charge >= 0.3 is 6.18 Å². The number of anilines is 1. The number of halogens is 3. The fourth-order valence-electron chi connectivity index (χ4n) is 4.42. The van der Waals surface area contributed by atoms with Crippen LogP contribution in [0.15, 0.2) is 42.7 Å². The van der Waals surface area contributed by atoms with Crippen LogP contribution in [0.2, 0.25) is 0 Å². The molecule has 1 amide bonds. The summed E-state index contributed by atoms with van der Waals surface area (Å²) in [5.74, 6) is -0.727. The van der Waals surface area contributed by atoms with Crippen molar-refractivity contribution >= 4 is 22.6 Å². The number of aromatic nitrogens is 3. The first kappa shape index (κ1) is 26.7. The normalized spacial score (nSPS) is 15.6. The molecular formula is C26H31F3N6O2. The summed E-state index contributed by atoms with van der Waals surface area (Å²) >= 11 is 0. The summed E-state index contributed by atoms with van der Waals surface area (Å²) in [6.45, 7) is 6.55. The van der Waals surface area contributed by atoms with Gasteiger partial charge in [0.15, 0.2) is 0 Å². The number of rotatable bonds is 9. The summed E-state index contributed by atoms with van der Waals surface area (Å²) in [7, 11) is 0. The number of ether oxygens (including phenoxy) is 1. The highest BCUT2D eigenvalue weighted by molar-refractivity contribution is 6.06. The van der Waals surface area contributed by atoms with Gasteiger partial charge in [0.05, 0.1) is 24.8 Å². The van der Waals surface area contributed by atoms with Crippen molar-refractivity contribution in [1.29, 1.82) is 0 Å². The van der Waals surface area contributed by atoms with Gasteiger partial charge in [-0.2, -0.15) is 13.2 Å². The van der Waals surface area contributed by atoms with E-state index in [4.69, 9.17) is 4.74 Å². The van der Waals surface area contributed by atoms with Crippen molar-refractivity contribution in [3.63, 3.8) is 0 Å². The zero-order valence-electron chi connectivity index (χ0n) is 20.9. The average molecular weight is 517 g/mol. The summed E-state index contributed by atoms with van der Waals surface area (Å²) < 4.78 is 44.3. The number of nitrogens with zero attached hydrogens (tertiary/aromatic N) is 4. The molecule has 1 saturated heterocycles. The van der Waals surface area contributed by atoms with E-state index in [1.54, 1.807) is 12.1 Å². The molecule has 4 rings (SSSR count). The van der Waals surface area contributed by atoms with Crippen molar-refractivity contribution in [3.8, 4) is 0 Å². The van der Waals surface area contributed by atoms with Crippen molar-refractivity contribution in [2.24, 2.45) is 0 Å². The highest BCUT2D eigenvalue weighted by Gasteiger charge is 2.35. The molecule has 8 nitrogen and oxygen atoms in total. The Morgan fingerprint density at radius 3 is 2.43 bits per heavy atom. The van der Waals surface area contributed by atoms with E-state index in [9.17, 15) is 18.0 Å². The fourth-order valence-corrected chi connectivity index (χ4v) is 4.42. The van der Waals surface area contributed by atoms with Crippen LogP contribution in [0.25, 0.3) is 10.9 Å². The average Bonchev–Trinajstić information content (AvgIpc) is 2.91. The van der Waals surface area contributed by atoms with Gasteiger partial charge in [0, 0.05) is 54.6 Å². The first-order chi connectivity index (χ1) is 17.8. The van der Waals surface area contributed by atoms with E-state index in [2.05, 4.69) is 44.3 Å². The van der Waals surface area contributed by atoms with Crippen molar-refractivity contribution in [1.82, 2.24) is 25.2 Å². The third-order valence-electron chi connectivity index (χ3n) is 6.57. The summed E-state index contributed by atoms with van der Waals surface area (Å²) in [5, 5.41) is 7.09. The zero-order valence-corrected chi connectivity index (χ0v) is 20.9. The van der Waals surface area contributed by atoms with Crippen LogP contribution in [0.3, 0.4) is 0 Å². The largest absolute Gasteiger partial charge is 0.451 e. The molecule has 11 heteroatoms. The number of morpholine rings is 1. The van der Waals surface area contributed by atoms with E-state index in [-0.39, 0.29) is 12.5 Å². The van der Waals surface area contributed by atoms with Crippen LogP contribution < -0.4 is 10.6 Å². The van der Waals surface area contributed by atoms with Gasteiger partial charge in [-0.15, -0.1) is 0 Å². The third-order valence-corrected chi connectivity index (χ3v) is 6.57. The molecule has 1 aromatic carbocycles. The first-order valence-electron chi connectivity index (χ1n) is 12.5. The van der Waals surface area contributed by atoms with Crippen molar-refractivity contribution in [2.45, 2.75) is 44.9 Å². The van der Waals surface area contributed by atoms with E-state index in [0.717, 1.165) is 24.0 Å². The Morgan fingerprint density at radius 1 is 1.08 bits per heavy atom. The molecule has 0 radical (unpaired) electrons. The summed E-state index contributed by atoms with van der Waals surface area (Å²) in [5.41, 5.74) is 1.67. The number of nitrogens with one attached hydrogen (secondary N) is 2. The lowest BCUT2D eigenvalue weighted by atomic mass is 10.1. The quantitative estimate of drug-likeness (QED) is 0.434. The number of alkyl halides is 3. The Kier molecular flexibility index (Phi) is 8.55. The Bertz CT molecular complexity index is 1200. The first-order valence-corrected chi connectivity index (χ1v) is 12.5. The molecule has 1 atom stereocenters. The van der Waals surface area contributed by atoms with Gasteiger partial charge in [0.2, 0.25) is 5.82 Å². The molecule has 0 saturated carbocycles. The van der Waals surface area contributed by atoms with Crippen LogP contribution in [0.4, 0.5) is 19.0 Å². The van der Waals surface area contributed by atoms with Gasteiger partial charge < -0.3 is 15.4 Å². The number of hydrogen-bond acceptors (Lipinski definition) is 7. The number of amides is 1. The molecular weight excluding hydrogens is 485 g/mol. The Hall–Kier alpha value is -3.31. The minimum atomic E-state index is -4.62. The van der Waals surface area contributed by atoms with E-state index in [1.165, 1.54) is 12.4 Å². The monoisotopic (exact) mass is 516 g/mol. The molecule has 3 aromatic rings. The zero-order chi connectivity index (χ0) is 26.4. The smallest absolute Gasteiger partial charge is 0.379 e. The van der Waals surface area contributed by atoms with Gasteiger partial charge in [-0.1, -0.05) is 19.9 Å². The molecule has 3 heterocycles. The lowest BCUT2D eigenvalue weighted by molar-refractivity contribution is -0.145. The Morgan fingerprint density at radius 2 is 1.78 bits per heavy atom. The summed E-state index contributed by atoms with van der Waals surface area (Å²) in [6, 6.07) is 9.05. The molecule has 0 aliphatic carbocycles. The number of hydrogen-bond donors (Lipinski definition) is 2. The summed E-state index contributed by atoms with van der Waals surface area (Å²) in [4.78, 5) is 27.0. The maximum atomic E-state index is 13.2. The lowest BCUT2D eigenvalue weighted by Crippen LogP contribution is -2.44. The molecule has 37 heavy (non-hydrogen) atoms. The number of carbonyl (C=O) groups is 1. The SMILES string of the molecule is CCC(CC)Nc1ccc2c(C(=O)NCC(c3cnc(C(F)(F)F)nc3)N3CCOCC3)cccc2n1. The molecule has 0 bridgehead atoms. The predicted molar refractivity (Wildman–Crippen MR) is 134 cm³/mol. The van der Waals surface area contributed by atoms with Gasteiger partial charge in [0.1, 0.15) is 5.82 Å². The minimum Gasteiger partial charge on any atom is -0.379 e. The highest BCUT2D eigenvalue weighted by Crippen LogP contribution is 2.27. The van der Waals surface area contributed by atoms with Gasteiger partial charge in [-0.25, -0.2) is 15.0 Å². The number of benzene rings is 1. The molecule has 1 unspecified atom stereocenters. The van der Waals surface area contributed by atoms with E-state index in [0.29, 0.717) is 49.0 Å². The minimum absolute atomic E-state index is 0.172. The maximum absolute atomic E-state index is 13.2. The number of carbonyl (C=O) groups excluding carboxylic acids is 1. The second kappa shape index (κ2) is 11.8. The molecule has 0 spiro atoms. The molecule has 1 aliphatic rings. The second-order valence-corrected chi connectivity index (χ2v) is 8.94. The van der Waals surface area contributed by atoms with Crippen molar-refractivity contribution in [3.05, 3.63) is 59.7 Å². The van der Waals surface area contributed by atoms with Crippen LogP contribution in [0.5, 0.6) is 0 Å². The Labute approximate surface area is 213 Å². The molecule has 1 fully saturated rings. The van der Waals surface area contributed by atoms with Crippen LogP contribution >= 0.6 is 0 Å². The molecule has 2 aromatic heterocycles. The topological polar surface area (TPSA) is 92.3 Å². The summed E-state index contributed by atoms with van der Waals surface area (Å²) in [6.07, 6.45) is -0.302. The van der Waals surface area contributed by atoms with Gasteiger partial charge in [0.25, 0.3) is 5.91 Å². The lowest BCUT2D eigenvalue weighted by Gasteiger charge is -2.34. The van der Waals surface area contributed by atoms with Gasteiger partial charge in [-0.3, -0.25) is 9.69 Å². The van der Waals surface area contributed by atoms with Crippen LogP contribution in [-0.4, -0.2) is 64.6 Å². The third kappa shape index (κ3) is 6.53. The van der Waals surface area contributed by atoms with E-state index in [1.807, 2.05) is 18.2 Å². The van der Waals surface area contributed by atoms with Crippen molar-refractivity contribution in [2.75, 3.05) is 38.2 Å². The van der Waals surface area contributed by atoms with Gasteiger partial charge in [-0.05, 0) is 37.1 Å². The molecule has 2 N–H and O–H groups in total. The predicted octanol–water partition coefficient (Wildman–Crippen LogP) is 4.45. The Balaban J connectivity index is 1.53. The number of fused-ring (bicyclic) bond motifs is 1. The standard InChI is InChI=1S/C26H31F3N6O2/c1-3-18(4-2)33-23-9-8-19-20(6-5-7-21(19)34-23)24(36)30-16-22(35-10-12-37-13-11-35)17-14-31-25(32-15-17)26(27,28)29/h5-9,14-15,18,22H,3-4,10-13,16H2,1-2H3,(H,30,36)(H,33,34). The molecule has 198 valence electrons.